The molecule has 4 nitrogen and oxygen atoms in total. The van der Waals surface area contributed by atoms with Crippen LogP contribution >= 0.6 is 0 Å². The number of nitrogens with one attached hydrogen (secondary N) is 1. The van der Waals surface area contributed by atoms with Crippen molar-refractivity contribution in [2.24, 2.45) is 11.7 Å². The van der Waals surface area contributed by atoms with E-state index in [4.69, 9.17) is 5.73 Å². The Balaban J connectivity index is 1.78. The lowest BCUT2D eigenvalue weighted by Crippen LogP contribution is -2.39. The van der Waals surface area contributed by atoms with Gasteiger partial charge >= 0.3 is 0 Å². The summed E-state index contributed by atoms with van der Waals surface area (Å²) in [6.45, 7) is 2.70. The van der Waals surface area contributed by atoms with Crippen molar-refractivity contribution in [2.75, 3.05) is 6.54 Å². The third kappa shape index (κ3) is 4.41. The number of ketones is 1. The average Bonchev–Trinajstić information content (AvgIpc) is 2.99. The van der Waals surface area contributed by atoms with Crippen LogP contribution in [0.5, 0.6) is 0 Å². The van der Waals surface area contributed by atoms with Gasteiger partial charge < -0.3 is 11.1 Å². The van der Waals surface area contributed by atoms with E-state index in [1.807, 2.05) is 24.3 Å². The second-order valence-electron chi connectivity index (χ2n) is 6.07. The Morgan fingerprint density at radius 3 is 2.55 bits per heavy atom. The fraction of sp³-hybridized carbons (Fsp3) is 0.556. The zero-order chi connectivity index (χ0) is 15.9. The Morgan fingerprint density at radius 1 is 1.18 bits per heavy atom. The minimum Gasteiger partial charge on any atom is -0.353 e. The molecule has 1 aliphatic carbocycles. The van der Waals surface area contributed by atoms with Crippen molar-refractivity contribution in [3.63, 3.8) is 0 Å². The maximum Gasteiger partial charge on any atom is 0.220 e. The molecule has 1 fully saturated rings. The fourth-order valence-electron chi connectivity index (χ4n) is 3.09. The van der Waals surface area contributed by atoms with Crippen molar-refractivity contribution in [1.82, 2.24) is 5.32 Å². The lowest BCUT2D eigenvalue weighted by molar-refractivity contribution is -0.122. The number of Topliss-reactive ketones (excluding diaryl/α,β-unsaturated/α-hetero) is 1. The second-order valence-corrected chi connectivity index (χ2v) is 6.07. The van der Waals surface area contributed by atoms with Crippen molar-refractivity contribution in [3.8, 4) is 0 Å². The molecule has 0 aromatic heterocycles. The number of hydrogen-bond acceptors (Lipinski definition) is 3. The van der Waals surface area contributed by atoms with E-state index in [-0.39, 0.29) is 30.6 Å². The summed E-state index contributed by atoms with van der Waals surface area (Å²) >= 11 is 0. The van der Waals surface area contributed by atoms with E-state index < -0.39 is 0 Å². The molecule has 1 amide bonds. The molecule has 3 N–H and O–H groups in total. The molecule has 1 aromatic carbocycles. The fourth-order valence-corrected chi connectivity index (χ4v) is 3.09. The summed E-state index contributed by atoms with van der Waals surface area (Å²) in [7, 11) is 0. The predicted molar refractivity (Wildman–Crippen MR) is 87.7 cm³/mol. The molecule has 0 bridgehead atoms. The van der Waals surface area contributed by atoms with Gasteiger partial charge in [-0.3, -0.25) is 9.59 Å². The monoisotopic (exact) mass is 302 g/mol. The quantitative estimate of drug-likeness (QED) is 0.760. The summed E-state index contributed by atoms with van der Waals surface area (Å²) in [4.78, 5) is 24.1. The van der Waals surface area contributed by atoms with E-state index in [1.54, 1.807) is 0 Å². The first-order valence-electron chi connectivity index (χ1n) is 8.25. The first-order chi connectivity index (χ1) is 10.6. The van der Waals surface area contributed by atoms with Crippen LogP contribution in [0.4, 0.5) is 0 Å². The Kier molecular flexibility index (Phi) is 6.13. The maximum absolute atomic E-state index is 12.1. The Bertz CT molecular complexity index is 510. The Morgan fingerprint density at radius 2 is 1.91 bits per heavy atom. The summed E-state index contributed by atoms with van der Waals surface area (Å²) in [5.41, 5.74) is 7.61. The summed E-state index contributed by atoms with van der Waals surface area (Å²) in [6.07, 6.45) is 4.68. The van der Waals surface area contributed by atoms with E-state index in [0.717, 1.165) is 25.7 Å². The highest BCUT2D eigenvalue weighted by atomic mass is 16.2. The molecule has 2 unspecified atom stereocenters. The van der Waals surface area contributed by atoms with Crippen molar-refractivity contribution >= 4 is 11.7 Å². The minimum atomic E-state index is -0.0381. The van der Waals surface area contributed by atoms with Crippen LogP contribution in [0.1, 0.15) is 54.9 Å². The van der Waals surface area contributed by atoms with Gasteiger partial charge in [0.05, 0.1) is 0 Å². The molecule has 1 aromatic rings. The van der Waals surface area contributed by atoms with Crippen LogP contribution in [0, 0.1) is 5.92 Å². The van der Waals surface area contributed by atoms with Gasteiger partial charge in [0.25, 0.3) is 0 Å². The largest absolute Gasteiger partial charge is 0.353 e. The summed E-state index contributed by atoms with van der Waals surface area (Å²) < 4.78 is 0. The van der Waals surface area contributed by atoms with Gasteiger partial charge in [0, 0.05) is 24.4 Å². The average molecular weight is 302 g/mol. The van der Waals surface area contributed by atoms with Crippen molar-refractivity contribution in [1.29, 1.82) is 0 Å². The highest BCUT2D eigenvalue weighted by Gasteiger charge is 2.27. The molecule has 0 saturated heterocycles. The normalized spacial score (nSPS) is 20.8. The molecular formula is C18H26N2O2. The number of benzene rings is 1. The minimum absolute atomic E-state index is 0.0274. The molecule has 0 spiro atoms. The Labute approximate surface area is 132 Å². The Hall–Kier alpha value is -1.68. The van der Waals surface area contributed by atoms with E-state index in [9.17, 15) is 9.59 Å². The molecule has 22 heavy (non-hydrogen) atoms. The third-order valence-electron chi connectivity index (χ3n) is 4.57. The van der Waals surface area contributed by atoms with Crippen LogP contribution in [0.2, 0.25) is 0 Å². The van der Waals surface area contributed by atoms with Gasteiger partial charge in [0.15, 0.2) is 5.78 Å². The number of hydrogen-bond donors (Lipinski definition) is 2. The molecule has 1 saturated carbocycles. The van der Waals surface area contributed by atoms with Crippen LogP contribution in [-0.2, 0) is 11.2 Å². The van der Waals surface area contributed by atoms with Crippen molar-refractivity contribution < 1.29 is 9.59 Å². The molecule has 2 atom stereocenters. The smallest absolute Gasteiger partial charge is 0.220 e. The van der Waals surface area contributed by atoms with Gasteiger partial charge in [-0.15, -0.1) is 0 Å². The zero-order valence-corrected chi connectivity index (χ0v) is 13.3. The third-order valence-corrected chi connectivity index (χ3v) is 4.57. The number of amides is 1. The van der Waals surface area contributed by atoms with Crippen LogP contribution in [-0.4, -0.2) is 24.3 Å². The molecule has 2 rings (SSSR count). The van der Waals surface area contributed by atoms with Gasteiger partial charge in [-0.05, 0) is 37.3 Å². The summed E-state index contributed by atoms with van der Waals surface area (Å²) in [5.74, 6) is 0.379. The lowest BCUT2D eigenvalue weighted by Gasteiger charge is -2.19. The lowest BCUT2D eigenvalue weighted by atomic mass is 10.0. The molecule has 120 valence electrons. The van der Waals surface area contributed by atoms with Gasteiger partial charge in [-0.25, -0.2) is 0 Å². The number of nitrogens with two attached hydrogens (primary N) is 1. The van der Waals surface area contributed by atoms with Gasteiger partial charge in [-0.2, -0.15) is 0 Å². The van der Waals surface area contributed by atoms with Gasteiger partial charge in [-0.1, -0.05) is 37.6 Å². The standard InChI is InChI=1S/C18H26N2O2/c1-2-13-6-8-14(9-7-13)17(21)10-11-18(22)20-16-5-3-4-15(16)12-19/h6-9,15-16H,2-5,10-12,19H2,1H3,(H,20,22). The molecule has 0 radical (unpaired) electrons. The van der Waals surface area contributed by atoms with E-state index >= 15 is 0 Å². The molecule has 0 aliphatic heterocycles. The highest BCUT2D eigenvalue weighted by molar-refractivity contribution is 5.98. The molecule has 0 heterocycles. The van der Waals surface area contributed by atoms with E-state index in [0.29, 0.717) is 18.0 Å². The van der Waals surface area contributed by atoms with Crippen molar-refractivity contribution in [3.05, 3.63) is 35.4 Å². The first kappa shape index (κ1) is 16.7. The van der Waals surface area contributed by atoms with Crippen LogP contribution < -0.4 is 11.1 Å². The van der Waals surface area contributed by atoms with Gasteiger partial charge in [0.1, 0.15) is 0 Å². The van der Waals surface area contributed by atoms with Crippen LogP contribution in [0.15, 0.2) is 24.3 Å². The maximum atomic E-state index is 12.1. The molecular weight excluding hydrogens is 276 g/mol. The first-order valence-corrected chi connectivity index (χ1v) is 8.25. The topological polar surface area (TPSA) is 72.2 Å². The van der Waals surface area contributed by atoms with Gasteiger partial charge in [0.2, 0.25) is 5.91 Å². The summed E-state index contributed by atoms with van der Waals surface area (Å²) in [5, 5.41) is 3.03. The zero-order valence-electron chi connectivity index (χ0n) is 13.3. The summed E-state index contributed by atoms with van der Waals surface area (Å²) in [6, 6.07) is 7.83. The number of carbonyl (C=O) groups is 2. The SMILES string of the molecule is CCc1ccc(C(=O)CCC(=O)NC2CCCC2CN)cc1. The highest BCUT2D eigenvalue weighted by Crippen LogP contribution is 2.24. The van der Waals surface area contributed by atoms with Crippen LogP contribution in [0.3, 0.4) is 0 Å². The predicted octanol–water partition coefficient (Wildman–Crippen LogP) is 2.46. The van der Waals surface area contributed by atoms with Crippen molar-refractivity contribution in [2.45, 2.75) is 51.5 Å². The second kappa shape index (κ2) is 8.08. The number of carbonyl (C=O) groups excluding carboxylic acids is 2. The van der Waals surface area contributed by atoms with Crippen LogP contribution in [0.25, 0.3) is 0 Å². The molecule has 4 heteroatoms. The number of rotatable bonds is 7. The van der Waals surface area contributed by atoms with E-state index in [2.05, 4.69) is 12.2 Å². The number of aryl methyl sites for hydroxylation is 1. The van der Waals surface area contributed by atoms with E-state index in [1.165, 1.54) is 5.56 Å². The molecule has 1 aliphatic rings.